The molecule has 32 heavy (non-hydrogen) atoms. The van der Waals surface area contributed by atoms with Gasteiger partial charge in [0.15, 0.2) is 10.4 Å². The van der Waals surface area contributed by atoms with E-state index in [1.807, 2.05) is 0 Å². The van der Waals surface area contributed by atoms with Crippen LogP contribution < -0.4 is 14.4 Å². The van der Waals surface area contributed by atoms with Gasteiger partial charge in [0.25, 0.3) is 15.9 Å². The number of sulfonamides is 1. The molecule has 12 heteroatoms. The molecule has 0 saturated heterocycles. The summed E-state index contributed by atoms with van der Waals surface area (Å²) < 4.78 is 34.5. The molecule has 0 saturated carbocycles. The highest BCUT2D eigenvalue weighted by Gasteiger charge is 2.37. The highest BCUT2D eigenvalue weighted by atomic mass is 35.5. The van der Waals surface area contributed by atoms with Gasteiger partial charge in [0.05, 0.1) is 17.1 Å². The lowest BCUT2D eigenvalue weighted by atomic mass is 10.2. The predicted molar refractivity (Wildman–Crippen MR) is 126 cm³/mol. The minimum absolute atomic E-state index is 0.0690. The number of thioether (sulfide) groups is 1. The Labute approximate surface area is 199 Å². The van der Waals surface area contributed by atoms with E-state index in [-0.39, 0.29) is 11.4 Å². The molecule has 168 valence electrons. The number of anilines is 2. The normalized spacial score (nSPS) is 15.7. The van der Waals surface area contributed by atoms with Crippen LogP contribution in [0.15, 0.2) is 57.8 Å². The number of amides is 1. The van der Waals surface area contributed by atoms with Crippen LogP contribution in [0.5, 0.6) is 5.75 Å². The number of nitrogens with one attached hydrogen (secondary N) is 1. The van der Waals surface area contributed by atoms with Crippen molar-refractivity contribution in [2.45, 2.75) is 28.7 Å². The Morgan fingerprint density at radius 1 is 1.25 bits per heavy atom. The van der Waals surface area contributed by atoms with E-state index in [9.17, 15) is 13.2 Å². The fourth-order valence-corrected chi connectivity index (χ4v) is 6.28. The maximum absolute atomic E-state index is 13.4. The molecule has 2 heterocycles. The van der Waals surface area contributed by atoms with Crippen molar-refractivity contribution < 1.29 is 17.9 Å². The van der Waals surface area contributed by atoms with Crippen LogP contribution in [0.1, 0.15) is 13.3 Å². The summed E-state index contributed by atoms with van der Waals surface area (Å²) in [5, 5.41) is 11.5. The number of hydrogen-bond acceptors (Lipinski definition) is 8. The molecule has 4 rings (SSSR count). The highest BCUT2D eigenvalue weighted by Crippen LogP contribution is 2.37. The lowest BCUT2D eigenvalue weighted by molar-refractivity contribution is -0.122. The Morgan fingerprint density at radius 3 is 2.75 bits per heavy atom. The first-order valence-electron chi connectivity index (χ1n) is 9.69. The Hall–Kier alpha value is -2.34. The van der Waals surface area contributed by atoms with E-state index in [1.54, 1.807) is 36.0 Å². The molecule has 3 aromatic rings. The van der Waals surface area contributed by atoms with Crippen molar-refractivity contribution in [1.82, 2.24) is 10.2 Å². The Bertz CT molecular complexity index is 1220. The number of fused-ring (bicyclic) bond motifs is 1. The number of aromatic nitrogens is 2. The number of carbonyl (C=O) groups is 1. The molecule has 1 unspecified atom stereocenters. The van der Waals surface area contributed by atoms with Crippen LogP contribution in [0.4, 0.5) is 10.8 Å². The lowest BCUT2D eigenvalue weighted by Gasteiger charge is -2.34. The molecular weight excluding hydrogens is 492 g/mol. The van der Waals surface area contributed by atoms with Gasteiger partial charge in [-0.1, -0.05) is 53.8 Å². The first-order valence-corrected chi connectivity index (χ1v) is 13.3. The molecule has 1 amide bonds. The van der Waals surface area contributed by atoms with E-state index in [0.717, 1.165) is 16.5 Å². The summed E-state index contributed by atoms with van der Waals surface area (Å²) in [4.78, 5) is 13.0. The third-order valence-corrected chi connectivity index (χ3v) is 8.72. The van der Waals surface area contributed by atoms with Gasteiger partial charge in [0.2, 0.25) is 5.13 Å². The van der Waals surface area contributed by atoms with E-state index in [4.69, 9.17) is 16.3 Å². The molecular formula is C20H19ClN4O4S3. The van der Waals surface area contributed by atoms with E-state index in [1.165, 1.54) is 39.9 Å². The summed E-state index contributed by atoms with van der Waals surface area (Å²) in [5.74, 6) is 0.703. The Morgan fingerprint density at radius 2 is 2.00 bits per heavy atom. The minimum Gasteiger partial charge on any atom is -0.476 e. The number of halogens is 1. The van der Waals surface area contributed by atoms with Gasteiger partial charge in [-0.25, -0.2) is 8.42 Å². The smallest absolute Gasteiger partial charge is 0.269 e. The van der Waals surface area contributed by atoms with Gasteiger partial charge >= 0.3 is 0 Å². The van der Waals surface area contributed by atoms with Gasteiger partial charge < -0.3 is 4.74 Å². The van der Waals surface area contributed by atoms with Crippen molar-refractivity contribution in [3.05, 3.63) is 53.6 Å². The number of carbonyl (C=O) groups excluding carboxylic acids is 1. The predicted octanol–water partition coefficient (Wildman–Crippen LogP) is 4.29. The number of benzene rings is 2. The standard InChI is InChI=1S/C20H19ClN4O4S3/c1-2-11-30-20-24-23-19(31-20)22-18(26)17-12-25(15-5-3-4-6-16(15)29-17)32(27,28)14-9-7-13(21)8-10-14/h3-10,17H,2,11-12H2,1H3,(H,22,23,26). The quantitative estimate of drug-likeness (QED) is 0.373. The molecule has 8 nitrogen and oxygen atoms in total. The van der Waals surface area contributed by atoms with Gasteiger partial charge in [-0.3, -0.25) is 14.4 Å². The molecule has 1 atom stereocenters. The third kappa shape index (κ3) is 4.85. The average molecular weight is 511 g/mol. The monoisotopic (exact) mass is 510 g/mol. The van der Waals surface area contributed by atoms with Crippen LogP contribution >= 0.6 is 34.7 Å². The molecule has 1 N–H and O–H groups in total. The zero-order valence-corrected chi connectivity index (χ0v) is 20.1. The molecule has 0 spiro atoms. The summed E-state index contributed by atoms with van der Waals surface area (Å²) >= 11 is 8.73. The lowest BCUT2D eigenvalue weighted by Crippen LogP contribution is -2.48. The molecule has 1 aliphatic rings. The maximum Gasteiger partial charge on any atom is 0.269 e. The largest absolute Gasteiger partial charge is 0.476 e. The van der Waals surface area contributed by atoms with Crippen molar-refractivity contribution in [2.75, 3.05) is 21.9 Å². The fourth-order valence-electron chi connectivity index (χ4n) is 2.99. The third-order valence-electron chi connectivity index (χ3n) is 4.50. The number of rotatable bonds is 7. The van der Waals surface area contributed by atoms with Crippen molar-refractivity contribution in [3.8, 4) is 5.75 Å². The van der Waals surface area contributed by atoms with Crippen LogP contribution in [0.2, 0.25) is 5.02 Å². The second-order valence-electron chi connectivity index (χ2n) is 6.78. The van der Waals surface area contributed by atoms with Crippen molar-refractivity contribution >= 4 is 61.4 Å². The number of hydrogen-bond donors (Lipinski definition) is 1. The summed E-state index contributed by atoms with van der Waals surface area (Å²) in [6.07, 6.45) is -0.0678. The SMILES string of the molecule is CCCSc1nnc(NC(=O)C2CN(S(=O)(=O)c3ccc(Cl)cc3)c3ccccc3O2)s1. The molecule has 0 bridgehead atoms. The van der Waals surface area contributed by atoms with Crippen molar-refractivity contribution in [1.29, 1.82) is 0 Å². The summed E-state index contributed by atoms with van der Waals surface area (Å²) in [6.45, 7) is 1.88. The topological polar surface area (TPSA) is 101 Å². The average Bonchev–Trinajstić information content (AvgIpc) is 3.24. The molecule has 2 aromatic carbocycles. The van der Waals surface area contributed by atoms with E-state index in [2.05, 4.69) is 22.4 Å². The summed E-state index contributed by atoms with van der Waals surface area (Å²) in [7, 11) is -3.95. The molecule has 0 radical (unpaired) electrons. The first-order chi connectivity index (χ1) is 15.4. The van der Waals surface area contributed by atoms with Gasteiger partial charge in [-0.05, 0) is 42.8 Å². The van der Waals surface area contributed by atoms with Gasteiger partial charge in [0, 0.05) is 10.8 Å². The summed E-state index contributed by atoms with van der Waals surface area (Å²) in [5.41, 5.74) is 0.362. The molecule has 0 fully saturated rings. The molecule has 1 aromatic heterocycles. The Balaban J connectivity index is 1.58. The molecule has 0 aliphatic carbocycles. The van der Waals surface area contributed by atoms with E-state index in [0.29, 0.717) is 21.6 Å². The van der Waals surface area contributed by atoms with Crippen LogP contribution in [0.25, 0.3) is 0 Å². The summed E-state index contributed by atoms with van der Waals surface area (Å²) in [6, 6.07) is 12.6. The zero-order valence-electron chi connectivity index (χ0n) is 16.9. The second kappa shape index (κ2) is 9.65. The number of ether oxygens (including phenoxy) is 1. The Kier molecular flexibility index (Phi) is 6.89. The van der Waals surface area contributed by atoms with Crippen LogP contribution in [0.3, 0.4) is 0 Å². The van der Waals surface area contributed by atoms with Crippen LogP contribution in [0, 0.1) is 0 Å². The zero-order chi connectivity index (χ0) is 22.7. The van der Waals surface area contributed by atoms with E-state index < -0.39 is 22.0 Å². The second-order valence-corrected chi connectivity index (χ2v) is 11.4. The van der Waals surface area contributed by atoms with E-state index >= 15 is 0 Å². The van der Waals surface area contributed by atoms with Gasteiger partial charge in [0.1, 0.15) is 5.75 Å². The minimum atomic E-state index is -3.95. The van der Waals surface area contributed by atoms with Gasteiger partial charge in [-0.2, -0.15) is 0 Å². The van der Waals surface area contributed by atoms with Gasteiger partial charge in [-0.15, -0.1) is 10.2 Å². The first kappa shape index (κ1) is 22.8. The highest BCUT2D eigenvalue weighted by molar-refractivity contribution is 8.01. The number of para-hydroxylation sites is 2. The number of nitrogens with zero attached hydrogens (tertiary/aromatic N) is 3. The fraction of sp³-hybridized carbons (Fsp3) is 0.250. The van der Waals surface area contributed by atoms with Crippen LogP contribution in [-0.4, -0.2) is 42.9 Å². The van der Waals surface area contributed by atoms with Crippen molar-refractivity contribution in [2.24, 2.45) is 0 Å². The molecule has 1 aliphatic heterocycles. The maximum atomic E-state index is 13.4. The van der Waals surface area contributed by atoms with Crippen LogP contribution in [-0.2, 0) is 14.8 Å². The van der Waals surface area contributed by atoms with Crippen molar-refractivity contribution in [3.63, 3.8) is 0 Å².